The van der Waals surface area contributed by atoms with Crippen LogP contribution in [0.15, 0.2) is 53.4 Å². The number of carbonyl (C=O) groups excluding carboxylic acids is 1. The SMILES string of the molecule is CCOc1ccc(OCC(=O)N2CCC(NS(=O)(=O)c3ccc(C)cc3)CC2)cc1. The molecule has 1 aliphatic heterocycles. The van der Waals surface area contributed by atoms with Crippen LogP contribution in [0.2, 0.25) is 0 Å². The normalized spacial score (nSPS) is 15.1. The van der Waals surface area contributed by atoms with Gasteiger partial charge in [-0.05, 0) is 63.1 Å². The summed E-state index contributed by atoms with van der Waals surface area (Å²) in [5, 5.41) is 0. The van der Waals surface area contributed by atoms with Crippen LogP contribution in [0.1, 0.15) is 25.3 Å². The zero-order valence-electron chi connectivity index (χ0n) is 17.3. The molecule has 1 amide bonds. The number of aryl methyl sites for hydroxylation is 1. The molecule has 1 aliphatic rings. The molecule has 162 valence electrons. The monoisotopic (exact) mass is 432 g/mol. The highest BCUT2D eigenvalue weighted by atomic mass is 32.2. The van der Waals surface area contributed by atoms with Crippen molar-refractivity contribution in [1.82, 2.24) is 9.62 Å². The molecule has 0 atom stereocenters. The summed E-state index contributed by atoms with van der Waals surface area (Å²) in [6, 6.07) is 13.7. The maximum absolute atomic E-state index is 12.5. The van der Waals surface area contributed by atoms with Crippen molar-refractivity contribution in [2.75, 3.05) is 26.3 Å². The van der Waals surface area contributed by atoms with E-state index in [-0.39, 0.29) is 23.5 Å². The molecular weight excluding hydrogens is 404 g/mol. The second kappa shape index (κ2) is 9.95. The van der Waals surface area contributed by atoms with Crippen LogP contribution in [0.5, 0.6) is 11.5 Å². The third kappa shape index (κ3) is 5.96. The summed E-state index contributed by atoms with van der Waals surface area (Å²) in [6.45, 7) is 5.36. The highest BCUT2D eigenvalue weighted by Gasteiger charge is 2.26. The van der Waals surface area contributed by atoms with Crippen LogP contribution in [-0.4, -0.2) is 51.6 Å². The Kier molecular flexibility index (Phi) is 7.33. The Morgan fingerprint density at radius 2 is 1.57 bits per heavy atom. The van der Waals surface area contributed by atoms with E-state index in [9.17, 15) is 13.2 Å². The van der Waals surface area contributed by atoms with E-state index in [0.29, 0.717) is 38.3 Å². The number of rotatable bonds is 8. The Hall–Kier alpha value is -2.58. The van der Waals surface area contributed by atoms with Gasteiger partial charge in [0, 0.05) is 19.1 Å². The first kappa shape index (κ1) is 22.1. The molecule has 1 heterocycles. The molecule has 0 radical (unpaired) electrons. The zero-order valence-corrected chi connectivity index (χ0v) is 18.2. The van der Waals surface area contributed by atoms with Crippen molar-refractivity contribution >= 4 is 15.9 Å². The second-order valence-electron chi connectivity index (χ2n) is 7.28. The molecule has 2 aromatic rings. The lowest BCUT2D eigenvalue weighted by Crippen LogP contribution is -2.47. The van der Waals surface area contributed by atoms with Crippen molar-refractivity contribution in [3.8, 4) is 11.5 Å². The Labute approximate surface area is 178 Å². The number of piperidine rings is 1. The zero-order chi connectivity index (χ0) is 21.6. The molecule has 0 bridgehead atoms. The number of hydrogen-bond donors (Lipinski definition) is 1. The third-order valence-electron chi connectivity index (χ3n) is 5.00. The number of nitrogens with one attached hydrogen (secondary N) is 1. The van der Waals surface area contributed by atoms with Gasteiger partial charge in [0.2, 0.25) is 10.0 Å². The Morgan fingerprint density at radius 1 is 1.00 bits per heavy atom. The van der Waals surface area contributed by atoms with Gasteiger partial charge >= 0.3 is 0 Å². The molecule has 3 rings (SSSR count). The van der Waals surface area contributed by atoms with Gasteiger partial charge in [0.25, 0.3) is 5.91 Å². The highest BCUT2D eigenvalue weighted by Crippen LogP contribution is 2.19. The van der Waals surface area contributed by atoms with Crippen molar-refractivity contribution in [3.05, 3.63) is 54.1 Å². The average Bonchev–Trinajstić information content (AvgIpc) is 2.74. The van der Waals surface area contributed by atoms with E-state index in [0.717, 1.165) is 11.3 Å². The lowest BCUT2D eigenvalue weighted by molar-refractivity contribution is -0.134. The van der Waals surface area contributed by atoms with E-state index < -0.39 is 10.0 Å². The topological polar surface area (TPSA) is 84.9 Å². The van der Waals surface area contributed by atoms with E-state index in [4.69, 9.17) is 9.47 Å². The summed E-state index contributed by atoms with van der Waals surface area (Å²) in [5.41, 5.74) is 1.01. The van der Waals surface area contributed by atoms with Gasteiger partial charge in [-0.1, -0.05) is 17.7 Å². The largest absolute Gasteiger partial charge is 0.494 e. The van der Waals surface area contributed by atoms with Gasteiger partial charge in [0.05, 0.1) is 11.5 Å². The van der Waals surface area contributed by atoms with Gasteiger partial charge in [0.15, 0.2) is 6.61 Å². The third-order valence-corrected chi connectivity index (χ3v) is 6.53. The van der Waals surface area contributed by atoms with E-state index in [2.05, 4.69) is 4.72 Å². The molecule has 1 saturated heterocycles. The lowest BCUT2D eigenvalue weighted by Gasteiger charge is -2.32. The molecule has 0 spiro atoms. The number of nitrogens with zero attached hydrogens (tertiary/aromatic N) is 1. The minimum atomic E-state index is -3.56. The van der Waals surface area contributed by atoms with Gasteiger partial charge < -0.3 is 14.4 Å². The van der Waals surface area contributed by atoms with Crippen LogP contribution >= 0.6 is 0 Å². The van der Waals surface area contributed by atoms with E-state index in [1.165, 1.54) is 0 Å². The lowest BCUT2D eigenvalue weighted by atomic mass is 10.1. The van der Waals surface area contributed by atoms with Crippen LogP contribution in [0.4, 0.5) is 0 Å². The first-order chi connectivity index (χ1) is 14.4. The van der Waals surface area contributed by atoms with Gasteiger partial charge in [-0.15, -0.1) is 0 Å². The van der Waals surface area contributed by atoms with Crippen molar-refractivity contribution < 1.29 is 22.7 Å². The minimum Gasteiger partial charge on any atom is -0.494 e. The summed E-state index contributed by atoms with van der Waals surface area (Å²) in [7, 11) is -3.56. The first-order valence-electron chi connectivity index (χ1n) is 10.1. The molecule has 0 saturated carbocycles. The quantitative estimate of drug-likeness (QED) is 0.693. The summed E-state index contributed by atoms with van der Waals surface area (Å²) < 4.78 is 38.8. The molecule has 2 aromatic carbocycles. The fourth-order valence-corrected chi connectivity index (χ4v) is 4.59. The summed E-state index contributed by atoms with van der Waals surface area (Å²) >= 11 is 0. The number of carbonyl (C=O) groups is 1. The number of amides is 1. The van der Waals surface area contributed by atoms with Crippen molar-refractivity contribution in [2.24, 2.45) is 0 Å². The van der Waals surface area contributed by atoms with E-state index in [1.54, 1.807) is 53.4 Å². The molecule has 0 unspecified atom stereocenters. The molecule has 30 heavy (non-hydrogen) atoms. The van der Waals surface area contributed by atoms with Crippen LogP contribution in [0, 0.1) is 6.92 Å². The predicted octanol–water partition coefficient (Wildman–Crippen LogP) is 2.74. The number of ether oxygens (including phenoxy) is 2. The fraction of sp³-hybridized carbons (Fsp3) is 0.409. The number of hydrogen-bond acceptors (Lipinski definition) is 5. The Morgan fingerprint density at radius 3 is 2.13 bits per heavy atom. The molecule has 0 aromatic heterocycles. The number of benzene rings is 2. The summed E-state index contributed by atoms with van der Waals surface area (Å²) in [4.78, 5) is 14.4. The standard InChI is InChI=1S/C22H28N2O5S/c1-3-28-19-6-8-20(9-7-19)29-16-22(25)24-14-12-18(13-15-24)23-30(26,27)21-10-4-17(2)5-11-21/h4-11,18,23H,3,12-16H2,1-2H3. The summed E-state index contributed by atoms with van der Waals surface area (Å²) in [6.07, 6.45) is 1.14. The van der Waals surface area contributed by atoms with Gasteiger partial charge in [-0.3, -0.25) is 4.79 Å². The first-order valence-corrected chi connectivity index (χ1v) is 11.6. The molecular formula is C22H28N2O5S. The minimum absolute atomic E-state index is 0.0479. The maximum atomic E-state index is 12.5. The van der Waals surface area contributed by atoms with Gasteiger partial charge in [0.1, 0.15) is 11.5 Å². The Balaban J connectivity index is 1.45. The van der Waals surface area contributed by atoms with Crippen LogP contribution < -0.4 is 14.2 Å². The van der Waals surface area contributed by atoms with Crippen LogP contribution in [0.25, 0.3) is 0 Å². The van der Waals surface area contributed by atoms with Crippen molar-refractivity contribution in [2.45, 2.75) is 37.6 Å². The molecule has 7 nitrogen and oxygen atoms in total. The second-order valence-corrected chi connectivity index (χ2v) is 9.00. The maximum Gasteiger partial charge on any atom is 0.260 e. The molecule has 1 fully saturated rings. The highest BCUT2D eigenvalue weighted by molar-refractivity contribution is 7.89. The van der Waals surface area contributed by atoms with Gasteiger partial charge in [-0.25, -0.2) is 13.1 Å². The molecule has 8 heteroatoms. The number of likely N-dealkylation sites (tertiary alicyclic amines) is 1. The van der Waals surface area contributed by atoms with Gasteiger partial charge in [-0.2, -0.15) is 0 Å². The average molecular weight is 433 g/mol. The number of sulfonamides is 1. The Bertz CT molecular complexity index is 934. The van der Waals surface area contributed by atoms with Crippen LogP contribution in [-0.2, 0) is 14.8 Å². The predicted molar refractivity (Wildman–Crippen MR) is 114 cm³/mol. The summed E-state index contributed by atoms with van der Waals surface area (Å²) in [5.74, 6) is 1.25. The smallest absolute Gasteiger partial charge is 0.260 e. The van der Waals surface area contributed by atoms with Crippen molar-refractivity contribution in [1.29, 1.82) is 0 Å². The van der Waals surface area contributed by atoms with Crippen LogP contribution in [0.3, 0.4) is 0 Å². The molecule has 1 N–H and O–H groups in total. The van der Waals surface area contributed by atoms with E-state index in [1.807, 2.05) is 13.8 Å². The molecule has 0 aliphatic carbocycles. The van der Waals surface area contributed by atoms with E-state index >= 15 is 0 Å². The fourth-order valence-electron chi connectivity index (χ4n) is 3.29. The van der Waals surface area contributed by atoms with Crippen molar-refractivity contribution in [3.63, 3.8) is 0 Å².